The first kappa shape index (κ1) is 21.8. The third kappa shape index (κ3) is 4.69. The second kappa shape index (κ2) is 9.57. The molecule has 1 aromatic rings. The number of nitriles is 1. The lowest BCUT2D eigenvalue weighted by Gasteiger charge is -2.35. The van der Waals surface area contributed by atoms with Crippen LogP contribution >= 0.6 is 0 Å². The van der Waals surface area contributed by atoms with Gasteiger partial charge in [0.2, 0.25) is 11.8 Å². The van der Waals surface area contributed by atoms with E-state index >= 15 is 0 Å². The van der Waals surface area contributed by atoms with E-state index in [1.807, 2.05) is 0 Å². The van der Waals surface area contributed by atoms with Crippen molar-refractivity contribution in [1.82, 2.24) is 15.1 Å². The Morgan fingerprint density at radius 3 is 2.64 bits per heavy atom. The molecule has 2 aliphatic heterocycles. The molecule has 3 aliphatic rings. The Morgan fingerprint density at radius 1 is 1.31 bits per heavy atom. The van der Waals surface area contributed by atoms with E-state index in [0.717, 1.165) is 12.8 Å². The number of anilines is 1. The van der Waals surface area contributed by atoms with Gasteiger partial charge in [0.15, 0.2) is 0 Å². The summed E-state index contributed by atoms with van der Waals surface area (Å²) < 4.78 is 24.4. The van der Waals surface area contributed by atoms with Crippen LogP contribution in [0.15, 0.2) is 24.3 Å². The Kier molecular flexibility index (Phi) is 5.80. The molecule has 4 rings (SSSR count). The van der Waals surface area contributed by atoms with E-state index in [2.05, 4.69) is 16.7 Å². The molecule has 4 amide bonds. The lowest BCUT2D eigenvalue weighted by molar-refractivity contribution is -0.152. The summed E-state index contributed by atoms with van der Waals surface area (Å²) in [5.41, 5.74) is -0.531. The number of rotatable bonds is 4. The molecule has 1 saturated carbocycles. The van der Waals surface area contributed by atoms with Crippen molar-refractivity contribution >= 4 is 29.3 Å². The van der Waals surface area contributed by atoms with Crippen LogP contribution in [0.3, 0.4) is 0 Å². The zero-order valence-electron chi connectivity index (χ0n) is 24.0. The molecular formula is C27H35N5O4. The van der Waals surface area contributed by atoms with Crippen LogP contribution < -0.4 is 10.6 Å². The second-order valence-electron chi connectivity index (χ2n) is 11.3. The third-order valence-electron chi connectivity index (χ3n) is 7.42. The van der Waals surface area contributed by atoms with Crippen molar-refractivity contribution in [2.24, 2.45) is 5.41 Å². The van der Waals surface area contributed by atoms with Gasteiger partial charge in [-0.05, 0) is 36.3 Å². The van der Waals surface area contributed by atoms with Crippen LogP contribution in [0.4, 0.5) is 5.69 Å². The normalized spacial score (nSPS) is 25.8. The first-order chi connectivity index (χ1) is 18.2. The van der Waals surface area contributed by atoms with Crippen LogP contribution in [0, 0.1) is 16.7 Å². The Morgan fingerprint density at radius 2 is 2.00 bits per heavy atom. The van der Waals surface area contributed by atoms with Gasteiger partial charge in [0, 0.05) is 35.8 Å². The molecule has 0 bridgehead atoms. The number of fused-ring (bicyclic) bond motifs is 2. The zero-order chi connectivity index (χ0) is 28.8. The maximum Gasteiger partial charge on any atom is 0.312 e. The SMILES string of the molecule is [2H]C([2H])([2H])N(C(=O)C(=O)NC1CCCC1)[C@@H](CC(C)(C)C)C(=O)N1C[C@]2(C[C@H]1C#N)C(=O)Nc1ccccc12. The molecule has 1 aliphatic carbocycles. The molecule has 2 N–H and O–H groups in total. The van der Waals surface area contributed by atoms with Crippen LogP contribution in [0.2, 0.25) is 0 Å². The maximum atomic E-state index is 14.2. The Hall–Kier alpha value is -3.41. The summed E-state index contributed by atoms with van der Waals surface area (Å²) in [4.78, 5) is 55.3. The van der Waals surface area contributed by atoms with Gasteiger partial charge in [-0.15, -0.1) is 0 Å². The average molecular weight is 497 g/mol. The van der Waals surface area contributed by atoms with Crippen LogP contribution in [0.25, 0.3) is 0 Å². The van der Waals surface area contributed by atoms with Gasteiger partial charge in [-0.25, -0.2) is 0 Å². The lowest BCUT2D eigenvalue weighted by Crippen LogP contribution is -2.55. The molecule has 2 heterocycles. The standard InChI is InChI=1S/C27H35N5O4/c1-26(2,3)14-21(31(4)24(35)22(33)29-17-9-5-6-10-17)23(34)32-16-27(13-18(32)15-28)19-11-7-8-12-20(19)30-25(27)36/h7-8,11-12,17-18,21H,5-6,9-10,13-14,16H2,1-4H3,(H,29,33)(H,30,36)/t18-,21-,27-/m0/s1/i4D3. The van der Waals surface area contributed by atoms with Crippen LogP contribution in [0.1, 0.15) is 69.0 Å². The van der Waals surface area contributed by atoms with Gasteiger partial charge in [0.25, 0.3) is 0 Å². The molecule has 0 radical (unpaired) electrons. The van der Waals surface area contributed by atoms with Gasteiger partial charge in [0.05, 0.1) is 11.5 Å². The van der Waals surface area contributed by atoms with E-state index in [0.29, 0.717) is 29.0 Å². The molecule has 9 nitrogen and oxygen atoms in total. The predicted molar refractivity (Wildman–Crippen MR) is 134 cm³/mol. The molecule has 1 spiro atoms. The van der Waals surface area contributed by atoms with E-state index < -0.39 is 47.6 Å². The fourth-order valence-electron chi connectivity index (χ4n) is 5.61. The first-order valence-corrected chi connectivity index (χ1v) is 12.4. The Labute approximate surface area is 216 Å². The first-order valence-electron chi connectivity index (χ1n) is 13.9. The van der Waals surface area contributed by atoms with Crippen molar-refractivity contribution in [3.05, 3.63) is 29.8 Å². The predicted octanol–water partition coefficient (Wildman–Crippen LogP) is 2.32. The molecule has 1 saturated heterocycles. The Bertz CT molecular complexity index is 1210. The second-order valence-corrected chi connectivity index (χ2v) is 11.3. The Balaban J connectivity index is 1.70. The number of likely N-dealkylation sites (tertiary alicyclic amines) is 1. The largest absolute Gasteiger partial charge is 0.345 e. The van der Waals surface area contributed by atoms with Gasteiger partial charge in [-0.1, -0.05) is 51.8 Å². The molecule has 3 atom stereocenters. The number of nitrogens with zero attached hydrogens (tertiary/aromatic N) is 3. The van der Waals surface area contributed by atoms with Crippen LogP contribution in [0.5, 0.6) is 0 Å². The minimum Gasteiger partial charge on any atom is -0.345 e. The summed E-state index contributed by atoms with van der Waals surface area (Å²) in [5.74, 6) is -3.49. The molecule has 2 fully saturated rings. The fraction of sp³-hybridized carbons (Fsp3) is 0.593. The van der Waals surface area contributed by atoms with Gasteiger partial charge >= 0.3 is 11.8 Å². The van der Waals surface area contributed by atoms with Gasteiger partial charge in [-0.3, -0.25) is 19.2 Å². The summed E-state index contributed by atoms with van der Waals surface area (Å²) >= 11 is 0. The lowest BCUT2D eigenvalue weighted by atomic mass is 9.80. The number of carbonyl (C=O) groups is 4. The van der Waals surface area contributed by atoms with Crippen molar-refractivity contribution in [2.45, 2.75) is 82.8 Å². The van der Waals surface area contributed by atoms with Crippen LogP contribution in [-0.2, 0) is 24.6 Å². The molecule has 9 heteroatoms. The highest BCUT2D eigenvalue weighted by atomic mass is 16.2. The van der Waals surface area contributed by atoms with E-state index in [4.69, 9.17) is 4.11 Å². The highest BCUT2D eigenvalue weighted by Gasteiger charge is 2.57. The molecule has 192 valence electrons. The smallest absolute Gasteiger partial charge is 0.312 e. The summed E-state index contributed by atoms with van der Waals surface area (Å²) in [6.45, 7) is 2.13. The number of hydrogen-bond donors (Lipinski definition) is 2. The summed E-state index contributed by atoms with van der Waals surface area (Å²) in [6, 6.07) is 6.35. The molecule has 0 unspecified atom stereocenters. The fourth-order valence-corrected chi connectivity index (χ4v) is 5.61. The van der Waals surface area contributed by atoms with Crippen molar-refractivity contribution in [3.63, 3.8) is 0 Å². The topological polar surface area (TPSA) is 123 Å². The number of para-hydroxylation sites is 1. The average Bonchev–Trinajstić information content (AvgIpc) is 3.55. The number of carbonyl (C=O) groups excluding carboxylic acids is 4. The summed E-state index contributed by atoms with van der Waals surface area (Å²) in [6.07, 6.45) is 3.15. The third-order valence-corrected chi connectivity index (χ3v) is 7.42. The van der Waals surface area contributed by atoms with Crippen molar-refractivity contribution in [2.75, 3.05) is 18.8 Å². The summed E-state index contributed by atoms with van der Waals surface area (Å²) in [7, 11) is 0. The monoisotopic (exact) mass is 496 g/mol. The quantitative estimate of drug-likeness (QED) is 0.620. The van der Waals surface area contributed by atoms with Gasteiger partial charge in [0.1, 0.15) is 12.1 Å². The van der Waals surface area contributed by atoms with Crippen molar-refractivity contribution in [1.29, 1.82) is 5.26 Å². The van der Waals surface area contributed by atoms with E-state index in [1.165, 1.54) is 4.90 Å². The minimum atomic E-state index is -3.10. The molecule has 36 heavy (non-hydrogen) atoms. The van der Waals surface area contributed by atoms with E-state index in [1.54, 1.807) is 45.0 Å². The number of benzene rings is 1. The van der Waals surface area contributed by atoms with Gasteiger partial charge < -0.3 is 20.4 Å². The molecule has 0 aromatic heterocycles. The van der Waals surface area contributed by atoms with E-state index in [9.17, 15) is 24.4 Å². The van der Waals surface area contributed by atoms with Gasteiger partial charge in [-0.2, -0.15) is 5.26 Å². The summed E-state index contributed by atoms with van der Waals surface area (Å²) in [5, 5.41) is 15.4. The van der Waals surface area contributed by atoms with Crippen LogP contribution in [-0.4, -0.2) is 65.1 Å². The van der Waals surface area contributed by atoms with E-state index in [-0.39, 0.29) is 31.3 Å². The number of hydrogen-bond acceptors (Lipinski definition) is 5. The maximum absolute atomic E-state index is 14.2. The highest BCUT2D eigenvalue weighted by molar-refractivity contribution is 6.35. The highest BCUT2D eigenvalue weighted by Crippen LogP contribution is 2.46. The van der Waals surface area contributed by atoms with Crippen molar-refractivity contribution < 1.29 is 23.3 Å². The zero-order valence-corrected chi connectivity index (χ0v) is 21.0. The molecule has 1 aromatic carbocycles. The minimum absolute atomic E-state index is 0.0319. The number of amides is 4. The molecular weight excluding hydrogens is 458 g/mol. The number of likely N-dealkylation sites (N-methyl/N-ethyl adjacent to an activating group) is 1. The number of nitrogens with one attached hydrogen (secondary N) is 2. The van der Waals surface area contributed by atoms with Crippen molar-refractivity contribution in [3.8, 4) is 6.07 Å².